The second-order valence-corrected chi connectivity index (χ2v) is 6.54. The molecule has 0 saturated carbocycles. The van der Waals surface area contributed by atoms with Gasteiger partial charge in [-0.25, -0.2) is 4.79 Å². The predicted molar refractivity (Wildman–Crippen MR) is 119 cm³/mol. The van der Waals surface area contributed by atoms with Crippen LogP contribution in [0, 0.1) is 0 Å². The fourth-order valence-corrected chi connectivity index (χ4v) is 2.95. The Morgan fingerprint density at radius 2 is 1.84 bits per heavy atom. The third-order valence-electron chi connectivity index (χ3n) is 4.47. The molecule has 0 radical (unpaired) electrons. The number of carbonyl (C=O) groups is 2. The molecule has 0 saturated heterocycles. The number of anilines is 1. The molecule has 0 bridgehead atoms. The van der Waals surface area contributed by atoms with Gasteiger partial charge in [-0.15, -0.1) is 0 Å². The number of carboxylic acid groups (broad SMARTS) is 1. The molecule has 0 atom stereocenters. The highest BCUT2D eigenvalue weighted by Gasteiger charge is 2.16. The number of carbonyl (C=O) groups excluding carboxylic acids is 1. The zero-order valence-electron chi connectivity index (χ0n) is 17.6. The van der Waals surface area contributed by atoms with Crippen LogP contribution in [0.15, 0.2) is 67.0 Å². The summed E-state index contributed by atoms with van der Waals surface area (Å²) in [5, 5.41) is 11.8. The molecule has 0 aliphatic carbocycles. The first kappa shape index (κ1) is 22.4. The largest absolute Gasteiger partial charge is 0.493 e. The van der Waals surface area contributed by atoms with E-state index in [-0.39, 0.29) is 17.9 Å². The molecule has 1 heterocycles. The monoisotopic (exact) mass is 434 g/mol. The Morgan fingerprint density at radius 3 is 2.53 bits per heavy atom. The van der Waals surface area contributed by atoms with Gasteiger partial charge in [0.05, 0.1) is 25.5 Å². The molecule has 0 aliphatic rings. The van der Waals surface area contributed by atoms with Crippen LogP contribution in [0.25, 0.3) is 6.08 Å². The summed E-state index contributed by atoms with van der Waals surface area (Å²) >= 11 is 0. The summed E-state index contributed by atoms with van der Waals surface area (Å²) in [6.07, 6.45) is 6.20. The Morgan fingerprint density at radius 1 is 1.03 bits per heavy atom. The number of para-hydroxylation sites is 1. The van der Waals surface area contributed by atoms with Gasteiger partial charge in [0.15, 0.2) is 11.5 Å². The number of amides is 1. The van der Waals surface area contributed by atoms with Crippen molar-refractivity contribution in [3.05, 3.63) is 83.7 Å². The second kappa shape index (κ2) is 10.6. The van der Waals surface area contributed by atoms with Gasteiger partial charge in [0, 0.05) is 29.6 Å². The zero-order chi connectivity index (χ0) is 22.9. The van der Waals surface area contributed by atoms with Gasteiger partial charge in [0.1, 0.15) is 6.61 Å². The van der Waals surface area contributed by atoms with Crippen LogP contribution in [0.4, 0.5) is 5.69 Å². The topological polar surface area (TPSA) is 107 Å². The smallest absolute Gasteiger partial charge is 0.337 e. The van der Waals surface area contributed by atoms with Gasteiger partial charge in [0.25, 0.3) is 0 Å². The first-order valence-electron chi connectivity index (χ1n) is 9.61. The summed E-state index contributed by atoms with van der Waals surface area (Å²) in [5.74, 6) is -0.367. The molecule has 2 aromatic carbocycles. The van der Waals surface area contributed by atoms with Crippen LogP contribution in [-0.2, 0) is 11.4 Å². The SMILES string of the molecule is COc1ccc(/C=C/C(=O)Nc2ccccc2C(=O)O)c(OCc2cccnc2)c1OC. The van der Waals surface area contributed by atoms with Gasteiger partial charge in [-0.1, -0.05) is 18.2 Å². The summed E-state index contributed by atoms with van der Waals surface area (Å²) in [6, 6.07) is 13.3. The van der Waals surface area contributed by atoms with E-state index in [2.05, 4.69) is 10.3 Å². The molecule has 8 heteroatoms. The quantitative estimate of drug-likeness (QED) is 0.490. The van der Waals surface area contributed by atoms with E-state index in [0.717, 1.165) is 5.56 Å². The highest BCUT2D eigenvalue weighted by Crippen LogP contribution is 2.41. The van der Waals surface area contributed by atoms with Crippen molar-refractivity contribution in [1.82, 2.24) is 4.98 Å². The molecule has 1 amide bonds. The second-order valence-electron chi connectivity index (χ2n) is 6.54. The Balaban J connectivity index is 1.85. The van der Waals surface area contributed by atoms with E-state index in [1.165, 1.54) is 32.4 Å². The lowest BCUT2D eigenvalue weighted by Crippen LogP contribution is -2.11. The molecular weight excluding hydrogens is 412 g/mol. The van der Waals surface area contributed by atoms with Gasteiger partial charge in [-0.05, 0) is 36.4 Å². The van der Waals surface area contributed by atoms with Crippen molar-refractivity contribution in [1.29, 1.82) is 0 Å². The van der Waals surface area contributed by atoms with Crippen LogP contribution in [-0.4, -0.2) is 36.2 Å². The molecule has 1 aromatic heterocycles. The van der Waals surface area contributed by atoms with Crippen LogP contribution < -0.4 is 19.5 Å². The van der Waals surface area contributed by atoms with Crippen LogP contribution in [0.5, 0.6) is 17.2 Å². The first-order chi connectivity index (χ1) is 15.5. The van der Waals surface area contributed by atoms with Crippen LogP contribution in [0.2, 0.25) is 0 Å². The number of pyridine rings is 1. The van der Waals surface area contributed by atoms with Crippen molar-refractivity contribution in [2.45, 2.75) is 6.61 Å². The van der Waals surface area contributed by atoms with Gasteiger partial charge in [0.2, 0.25) is 11.7 Å². The molecule has 2 N–H and O–H groups in total. The normalized spacial score (nSPS) is 10.6. The van der Waals surface area contributed by atoms with E-state index in [9.17, 15) is 14.7 Å². The van der Waals surface area contributed by atoms with Crippen molar-refractivity contribution >= 4 is 23.6 Å². The van der Waals surface area contributed by atoms with Gasteiger partial charge in [-0.2, -0.15) is 0 Å². The molecule has 32 heavy (non-hydrogen) atoms. The maximum Gasteiger partial charge on any atom is 0.337 e. The van der Waals surface area contributed by atoms with Crippen molar-refractivity contribution in [2.75, 3.05) is 19.5 Å². The minimum atomic E-state index is -1.13. The van der Waals surface area contributed by atoms with Crippen molar-refractivity contribution in [3.63, 3.8) is 0 Å². The number of nitrogens with zero attached hydrogens (tertiary/aromatic N) is 1. The lowest BCUT2D eigenvalue weighted by atomic mass is 10.1. The third kappa shape index (κ3) is 5.42. The van der Waals surface area contributed by atoms with E-state index in [1.54, 1.807) is 42.7 Å². The minimum absolute atomic E-state index is 0.000796. The molecule has 3 rings (SSSR count). The number of aromatic carboxylic acids is 1. The molecule has 0 aliphatic heterocycles. The average Bonchev–Trinajstić information content (AvgIpc) is 2.81. The number of nitrogens with one attached hydrogen (secondary N) is 1. The number of hydrogen-bond donors (Lipinski definition) is 2. The summed E-state index contributed by atoms with van der Waals surface area (Å²) in [7, 11) is 3.02. The van der Waals surface area contributed by atoms with Crippen LogP contribution in [0.3, 0.4) is 0 Å². The van der Waals surface area contributed by atoms with E-state index < -0.39 is 11.9 Å². The van der Waals surface area contributed by atoms with Crippen LogP contribution >= 0.6 is 0 Å². The minimum Gasteiger partial charge on any atom is -0.493 e. The highest BCUT2D eigenvalue weighted by atomic mass is 16.5. The lowest BCUT2D eigenvalue weighted by molar-refractivity contribution is -0.111. The number of carboxylic acids is 1. The van der Waals surface area contributed by atoms with E-state index in [4.69, 9.17) is 14.2 Å². The molecule has 0 fully saturated rings. The Bertz CT molecular complexity index is 1130. The maximum atomic E-state index is 12.4. The molecule has 0 unspecified atom stereocenters. The summed E-state index contributed by atoms with van der Waals surface area (Å²) in [6.45, 7) is 0.233. The Labute approximate surface area is 185 Å². The Kier molecular flexibility index (Phi) is 7.42. The Hall–Kier alpha value is -4.33. The van der Waals surface area contributed by atoms with Gasteiger partial charge < -0.3 is 24.6 Å². The number of hydrogen-bond acceptors (Lipinski definition) is 6. The standard InChI is InChI=1S/C24H22N2O6/c1-30-20-11-9-17(22(23(20)31-2)32-15-16-6-5-13-25-14-16)10-12-21(27)26-19-8-4-3-7-18(19)24(28)29/h3-14H,15H2,1-2H3,(H,26,27)(H,28,29)/b12-10+. The highest BCUT2D eigenvalue weighted by molar-refractivity contribution is 6.06. The summed E-state index contributed by atoms with van der Waals surface area (Å²) < 4.78 is 16.8. The molecule has 3 aromatic rings. The number of benzene rings is 2. The van der Waals surface area contributed by atoms with Crippen molar-refractivity contribution < 1.29 is 28.9 Å². The zero-order valence-corrected chi connectivity index (χ0v) is 17.6. The first-order valence-corrected chi connectivity index (χ1v) is 9.61. The van der Waals surface area contributed by atoms with E-state index in [1.807, 2.05) is 12.1 Å². The molecule has 8 nitrogen and oxygen atoms in total. The number of rotatable bonds is 9. The van der Waals surface area contributed by atoms with Crippen molar-refractivity contribution in [3.8, 4) is 17.2 Å². The fourth-order valence-electron chi connectivity index (χ4n) is 2.95. The molecule has 0 spiro atoms. The molecule has 164 valence electrons. The lowest BCUT2D eigenvalue weighted by Gasteiger charge is -2.16. The maximum absolute atomic E-state index is 12.4. The number of ether oxygens (including phenoxy) is 3. The average molecular weight is 434 g/mol. The van der Waals surface area contributed by atoms with E-state index >= 15 is 0 Å². The van der Waals surface area contributed by atoms with Gasteiger partial charge >= 0.3 is 5.97 Å². The van der Waals surface area contributed by atoms with Crippen molar-refractivity contribution in [2.24, 2.45) is 0 Å². The summed E-state index contributed by atoms with van der Waals surface area (Å²) in [5.41, 5.74) is 1.64. The predicted octanol–water partition coefficient (Wildman–Crippen LogP) is 4.03. The fraction of sp³-hybridized carbons (Fsp3) is 0.125. The number of methoxy groups -OCH3 is 2. The molecular formula is C24H22N2O6. The van der Waals surface area contributed by atoms with E-state index in [0.29, 0.717) is 22.8 Å². The number of aromatic nitrogens is 1. The summed E-state index contributed by atoms with van der Waals surface area (Å²) in [4.78, 5) is 27.8. The van der Waals surface area contributed by atoms with Crippen LogP contribution in [0.1, 0.15) is 21.5 Å². The van der Waals surface area contributed by atoms with Gasteiger partial charge in [-0.3, -0.25) is 9.78 Å². The third-order valence-corrected chi connectivity index (χ3v) is 4.47.